The third-order valence-electron chi connectivity index (χ3n) is 4.19. The first-order valence-corrected chi connectivity index (χ1v) is 8.80. The first kappa shape index (κ1) is 16.5. The van der Waals surface area contributed by atoms with Gasteiger partial charge in [0.2, 0.25) is 5.91 Å². The second kappa shape index (κ2) is 6.92. The lowest BCUT2D eigenvalue weighted by molar-refractivity contribution is -0.155. The molecule has 0 radical (unpaired) electrons. The molecule has 2 rings (SSSR count). The zero-order valence-electron chi connectivity index (χ0n) is 12.1. The minimum absolute atomic E-state index is 0.0798. The number of halogens is 1. The Morgan fingerprint density at radius 3 is 2.57 bits per heavy atom. The summed E-state index contributed by atoms with van der Waals surface area (Å²) in [4.78, 5) is 26.7. The second-order valence-electron chi connectivity index (χ2n) is 5.80. The number of nitrogens with zero attached hydrogens (tertiary/aromatic N) is 1. The predicted molar refractivity (Wildman–Crippen MR) is 86.3 cm³/mol. The molecule has 0 bridgehead atoms. The van der Waals surface area contributed by atoms with Gasteiger partial charge in [-0.1, -0.05) is 19.3 Å². The standard InChI is InChI=1S/C15H20BrNO3S/c1-17(9-12-7-11(16)10-21-12)13(18)8-15(14(19)20)5-3-2-4-6-15/h7,10H,2-6,8-9H2,1H3,(H,19,20). The van der Waals surface area contributed by atoms with Gasteiger partial charge in [0, 0.05) is 28.2 Å². The van der Waals surface area contributed by atoms with Crippen molar-refractivity contribution >= 4 is 39.1 Å². The highest BCUT2D eigenvalue weighted by Gasteiger charge is 2.41. The number of amides is 1. The van der Waals surface area contributed by atoms with Crippen molar-refractivity contribution < 1.29 is 14.7 Å². The summed E-state index contributed by atoms with van der Waals surface area (Å²) >= 11 is 4.99. The van der Waals surface area contributed by atoms with Gasteiger partial charge in [-0.05, 0) is 34.8 Å². The molecule has 1 aromatic rings. The quantitative estimate of drug-likeness (QED) is 0.851. The highest BCUT2D eigenvalue weighted by molar-refractivity contribution is 9.10. The average molecular weight is 374 g/mol. The van der Waals surface area contributed by atoms with Gasteiger partial charge in [-0.3, -0.25) is 9.59 Å². The van der Waals surface area contributed by atoms with Crippen LogP contribution in [0, 0.1) is 5.41 Å². The molecule has 0 aromatic carbocycles. The molecule has 1 N–H and O–H groups in total. The predicted octanol–water partition coefficient (Wildman–Crippen LogP) is 3.89. The fourth-order valence-corrected chi connectivity index (χ4v) is 4.38. The zero-order valence-corrected chi connectivity index (χ0v) is 14.5. The summed E-state index contributed by atoms with van der Waals surface area (Å²) in [5.74, 6) is -0.897. The number of carboxylic acid groups (broad SMARTS) is 1. The molecule has 116 valence electrons. The minimum Gasteiger partial charge on any atom is -0.481 e. The highest BCUT2D eigenvalue weighted by atomic mass is 79.9. The lowest BCUT2D eigenvalue weighted by atomic mass is 9.71. The minimum atomic E-state index is -0.848. The summed E-state index contributed by atoms with van der Waals surface area (Å²) in [5.41, 5.74) is -0.848. The van der Waals surface area contributed by atoms with Crippen molar-refractivity contribution in [3.63, 3.8) is 0 Å². The normalized spacial score (nSPS) is 17.4. The van der Waals surface area contributed by atoms with E-state index >= 15 is 0 Å². The Balaban J connectivity index is 1.99. The lowest BCUT2D eigenvalue weighted by Gasteiger charge is -2.33. The van der Waals surface area contributed by atoms with Crippen molar-refractivity contribution in [3.8, 4) is 0 Å². The molecule has 0 atom stereocenters. The number of rotatable bonds is 5. The van der Waals surface area contributed by atoms with Crippen LogP contribution in [0.25, 0.3) is 0 Å². The van der Waals surface area contributed by atoms with Gasteiger partial charge in [0.25, 0.3) is 0 Å². The van der Waals surface area contributed by atoms with E-state index in [0.29, 0.717) is 19.4 Å². The number of aliphatic carboxylic acids is 1. The number of carboxylic acids is 1. The molecule has 0 aliphatic heterocycles. The SMILES string of the molecule is CN(Cc1cc(Br)cs1)C(=O)CC1(C(=O)O)CCCCC1. The Morgan fingerprint density at radius 2 is 2.05 bits per heavy atom. The Hall–Kier alpha value is -0.880. The summed E-state index contributed by atoms with van der Waals surface area (Å²) in [7, 11) is 1.74. The summed E-state index contributed by atoms with van der Waals surface area (Å²) < 4.78 is 1.01. The van der Waals surface area contributed by atoms with Crippen molar-refractivity contribution in [3.05, 3.63) is 20.8 Å². The smallest absolute Gasteiger partial charge is 0.310 e. The van der Waals surface area contributed by atoms with Crippen LogP contribution in [0.5, 0.6) is 0 Å². The topological polar surface area (TPSA) is 57.6 Å². The molecule has 0 saturated heterocycles. The molecule has 1 aliphatic carbocycles. The molecular formula is C15H20BrNO3S. The van der Waals surface area contributed by atoms with E-state index in [1.54, 1.807) is 23.3 Å². The molecule has 21 heavy (non-hydrogen) atoms. The van der Waals surface area contributed by atoms with E-state index in [9.17, 15) is 14.7 Å². The Kier molecular flexibility index (Phi) is 5.43. The second-order valence-corrected chi connectivity index (χ2v) is 7.72. The highest BCUT2D eigenvalue weighted by Crippen LogP contribution is 2.40. The molecule has 0 spiro atoms. The number of carbonyl (C=O) groups is 2. The van der Waals surface area contributed by atoms with Crippen LogP contribution in [-0.4, -0.2) is 28.9 Å². The van der Waals surface area contributed by atoms with E-state index in [2.05, 4.69) is 15.9 Å². The average Bonchev–Trinajstić information content (AvgIpc) is 2.85. The molecule has 1 aromatic heterocycles. The van der Waals surface area contributed by atoms with Crippen molar-refractivity contribution in [1.29, 1.82) is 0 Å². The maximum Gasteiger partial charge on any atom is 0.310 e. The van der Waals surface area contributed by atoms with Gasteiger partial charge in [-0.15, -0.1) is 11.3 Å². The van der Waals surface area contributed by atoms with Crippen LogP contribution in [0.15, 0.2) is 15.9 Å². The summed E-state index contributed by atoms with van der Waals surface area (Å²) in [6.45, 7) is 0.533. The Labute approximate surface area is 137 Å². The number of carbonyl (C=O) groups excluding carboxylic acids is 1. The van der Waals surface area contributed by atoms with Crippen molar-refractivity contribution in [2.45, 2.75) is 45.1 Å². The van der Waals surface area contributed by atoms with Gasteiger partial charge >= 0.3 is 5.97 Å². The number of thiophene rings is 1. The Morgan fingerprint density at radius 1 is 1.38 bits per heavy atom. The van der Waals surface area contributed by atoms with Gasteiger partial charge in [-0.2, -0.15) is 0 Å². The van der Waals surface area contributed by atoms with Gasteiger partial charge in [0.15, 0.2) is 0 Å². The monoisotopic (exact) mass is 373 g/mol. The molecule has 1 fully saturated rings. The molecule has 1 heterocycles. The van der Waals surface area contributed by atoms with Gasteiger partial charge in [0.1, 0.15) is 0 Å². The fourth-order valence-electron chi connectivity index (χ4n) is 2.88. The molecule has 0 unspecified atom stereocenters. The molecular weight excluding hydrogens is 354 g/mol. The van der Waals surface area contributed by atoms with Crippen LogP contribution < -0.4 is 0 Å². The largest absolute Gasteiger partial charge is 0.481 e. The summed E-state index contributed by atoms with van der Waals surface area (Å²) in [6, 6.07) is 1.99. The first-order valence-electron chi connectivity index (χ1n) is 7.13. The van der Waals surface area contributed by atoms with E-state index in [-0.39, 0.29) is 12.3 Å². The van der Waals surface area contributed by atoms with Crippen molar-refractivity contribution in [1.82, 2.24) is 4.90 Å². The molecule has 6 heteroatoms. The fraction of sp³-hybridized carbons (Fsp3) is 0.600. The summed E-state index contributed by atoms with van der Waals surface area (Å²) in [5, 5.41) is 11.5. The number of hydrogen-bond donors (Lipinski definition) is 1. The van der Waals surface area contributed by atoms with Crippen LogP contribution in [-0.2, 0) is 16.1 Å². The maximum absolute atomic E-state index is 12.4. The van der Waals surface area contributed by atoms with Gasteiger partial charge in [-0.25, -0.2) is 0 Å². The Bertz CT molecular complexity index is 523. The molecule has 1 aliphatic rings. The summed E-state index contributed by atoms with van der Waals surface area (Å²) in [6.07, 6.45) is 4.23. The maximum atomic E-state index is 12.4. The molecule has 1 saturated carbocycles. The van der Waals surface area contributed by atoms with E-state index in [1.807, 2.05) is 11.4 Å². The third-order valence-corrected chi connectivity index (χ3v) is 5.88. The van der Waals surface area contributed by atoms with Crippen LogP contribution in [0.1, 0.15) is 43.4 Å². The van der Waals surface area contributed by atoms with Crippen LogP contribution in [0.4, 0.5) is 0 Å². The van der Waals surface area contributed by atoms with Crippen LogP contribution in [0.3, 0.4) is 0 Å². The van der Waals surface area contributed by atoms with E-state index in [4.69, 9.17) is 0 Å². The van der Waals surface area contributed by atoms with E-state index in [0.717, 1.165) is 28.6 Å². The van der Waals surface area contributed by atoms with Crippen LogP contribution >= 0.6 is 27.3 Å². The molecule has 1 amide bonds. The number of hydrogen-bond acceptors (Lipinski definition) is 3. The zero-order chi connectivity index (χ0) is 15.5. The van der Waals surface area contributed by atoms with Crippen molar-refractivity contribution in [2.24, 2.45) is 5.41 Å². The first-order chi connectivity index (χ1) is 9.93. The van der Waals surface area contributed by atoms with E-state index in [1.165, 1.54) is 0 Å². The van der Waals surface area contributed by atoms with Gasteiger partial charge in [0.05, 0.1) is 12.0 Å². The van der Waals surface area contributed by atoms with Gasteiger partial charge < -0.3 is 10.0 Å². The van der Waals surface area contributed by atoms with Crippen LogP contribution in [0.2, 0.25) is 0 Å². The third kappa shape index (κ3) is 4.07. The molecule has 4 nitrogen and oxygen atoms in total. The van der Waals surface area contributed by atoms with Crippen molar-refractivity contribution in [2.75, 3.05) is 7.05 Å². The lowest BCUT2D eigenvalue weighted by Crippen LogP contribution is -2.39. The van der Waals surface area contributed by atoms with E-state index < -0.39 is 11.4 Å².